The van der Waals surface area contributed by atoms with Gasteiger partial charge in [-0.2, -0.15) is 0 Å². The Balaban J connectivity index is 2.02. The molecule has 1 fully saturated rings. The Kier molecular flexibility index (Phi) is 2.70. The summed E-state index contributed by atoms with van der Waals surface area (Å²) >= 11 is 0. The summed E-state index contributed by atoms with van der Waals surface area (Å²) in [7, 11) is 0. The minimum absolute atomic E-state index is 0.117. The summed E-state index contributed by atoms with van der Waals surface area (Å²) in [6.07, 6.45) is 1.40. The summed E-state index contributed by atoms with van der Waals surface area (Å²) < 4.78 is 39.7. The third-order valence-corrected chi connectivity index (χ3v) is 3.34. The molecular formula is C14H11F3N2O. The number of carbonyl (C=O) groups is 1. The lowest BCUT2D eigenvalue weighted by Crippen LogP contribution is -2.56. The van der Waals surface area contributed by atoms with Crippen LogP contribution in [0.15, 0.2) is 24.4 Å². The summed E-state index contributed by atoms with van der Waals surface area (Å²) in [4.78, 5) is 16.6. The molecule has 0 bridgehead atoms. The van der Waals surface area contributed by atoms with Crippen LogP contribution in [0.2, 0.25) is 0 Å². The average molecular weight is 280 g/mol. The molecule has 3 nitrogen and oxygen atoms in total. The lowest BCUT2D eigenvalue weighted by Gasteiger charge is -2.40. The fourth-order valence-corrected chi connectivity index (χ4v) is 2.25. The molecule has 2 heterocycles. The van der Waals surface area contributed by atoms with Gasteiger partial charge in [0, 0.05) is 17.1 Å². The number of fused-ring (bicyclic) bond motifs is 1. The van der Waals surface area contributed by atoms with E-state index in [4.69, 9.17) is 0 Å². The van der Waals surface area contributed by atoms with Gasteiger partial charge in [0.25, 0.3) is 5.92 Å². The third kappa shape index (κ3) is 2.11. The van der Waals surface area contributed by atoms with Gasteiger partial charge in [0.2, 0.25) is 0 Å². The van der Waals surface area contributed by atoms with Crippen LogP contribution in [-0.2, 0) is 0 Å². The van der Waals surface area contributed by atoms with Crippen molar-refractivity contribution in [1.82, 2.24) is 4.98 Å². The number of carbonyl (C=O) groups excluding carboxylic acids is 1. The summed E-state index contributed by atoms with van der Waals surface area (Å²) in [5.41, 5.74) is 0.980. The Morgan fingerprint density at radius 2 is 2.00 bits per heavy atom. The second kappa shape index (κ2) is 4.19. The van der Waals surface area contributed by atoms with Crippen molar-refractivity contribution in [1.29, 1.82) is 0 Å². The second-order valence-corrected chi connectivity index (χ2v) is 4.99. The van der Waals surface area contributed by atoms with Crippen LogP contribution in [0.1, 0.15) is 17.3 Å². The zero-order valence-electron chi connectivity index (χ0n) is 10.7. The predicted molar refractivity (Wildman–Crippen MR) is 68.9 cm³/mol. The molecule has 0 saturated carbocycles. The molecule has 0 radical (unpaired) electrons. The fraction of sp³-hybridized carbons (Fsp3) is 0.286. The molecule has 1 aromatic carbocycles. The monoisotopic (exact) mass is 280 g/mol. The van der Waals surface area contributed by atoms with Crippen molar-refractivity contribution in [3.63, 3.8) is 0 Å². The van der Waals surface area contributed by atoms with Crippen LogP contribution in [0.25, 0.3) is 10.9 Å². The maximum Gasteiger partial charge on any atom is 0.282 e. The molecule has 0 unspecified atom stereocenters. The topological polar surface area (TPSA) is 33.2 Å². The fourth-order valence-electron chi connectivity index (χ4n) is 2.25. The van der Waals surface area contributed by atoms with Crippen LogP contribution >= 0.6 is 0 Å². The second-order valence-electron chi connectivity index (χ2n) is 4.99. The molecule has 0 amide bonds. The van der Waals surface area contributed by atoms with Crippen molar-refractivity contribution in [2.75, 3.05) is 18.0 Å². The van der Waals surface area contributed by atoms with Gasteiger partial charge < -0.3 is 4.90 Å². The summed E-state index contributed by atoms with van der Waals surface area (Å²) in [6.45, 7) is 0.428. The molecule has 0 atom stereocenters. The van der Waals surface area contributed by atoms with E-state index in [9.17, 15) is 18.0 Å². The van der Waals surface area contributed by atoms with E-state index in [0.717, 1.165) is 0 Å². The SMILES string of the molecule is CC(=O)c1cnc2cc(N3CC(F)(F)C3)c(F)cc2c1. The molecule has 20 heavy (non-hydrogen) atoms. The first-order valence-electron chi connectivity index (χ1n) is 6.09. The van der Waals surface area contributed by atoms with Crippen molar-refractivity contribution < 1.29 is 18.0 Å². The van der Waals surface area contributed by atoms with Crippen molar-refractivity contribution in [2.24, 2.45) is 0 Å². The maximum atomic E-state index is 14.0. The van der Waals surface area contributed by atoms with E-state index in [-0.39, 0.29) is 11.5 Å². The van der Waals surface area contributed by atoms with Gasteiger partial charge in [-0.1, -0.05) is 0 Å². The Morgan fingerprint density at radius 3 is 2.60 bits per heavy atom. The molecule has 6 heteroatoms. The quantitative estimate of drug-likeness (QED) is 0.793. The van der Waals surface area contributed by atoms with Gasteiger partial charge >= 0.3 is 0 Å². The zero-order chi connectivity index (χ0) is 14.5. The zero-order valence-corrected chi connectivity index (χ0v) is 10.7. The molecule has 1 aliphatic heterocycles. The van der Waals surface area contributed by atoms with Crippen LogP contribution in [-0.4, -0.2) is 29.8 Å². The van der Waals surface area contributed by atoms with Gasteiger partial charge in [-0.3, -0.25) is 9.78 Å². The Hall–Kier alpha value is -2.11. The van der Waals surface area contributed by atoms with Crippen molar-refractivity contribution >= 4 is 22.4 Å². The molecule has 1 aromatic heterocycles. The molecule has 1 saturated heterocycles. The smallest absolute Gasteiger partial charge is 0.282 e. The Morgan fingerprint density at radius 1 is 1.30 bits per heavy atom. The molecule has 2 aromatic rings. The molecular weight excluding hydrogens is 269 g/mol. The number of hydrogen-bond acceptors (Lipinski definition) is 3. The molecule has 0 aliphatic carbocycles. The minimum Gasteiger partial charge on any atom is -0.357 e. The van der Waals surface area contributed by atoms with E-state index in [1.54, 1.807) is 6.07 Å². The number of benzene rings is 1. The van der Waals surface area contributed by atoms with E-state index in [1.807, 2.05) is 0 Å². The van der Waals surface area contributed by atoms with Crippen molar-refractivity contribution in [3.8, 4) is 0 Å². The highest BCUT2D eigenvalue weighted by atomic mass is 19.3. The summed E-state index contributed by atoms with van der Waals surface area (Å²) in [6, 6.07) is 4.20. The normalized spacial score (nSPS) is 17.1. The molecule has 104 valence electrons. The Labute approximate surface area is 113 Å². The number of hydrogen-bond donors (Lipinski definition) is 0. The van der Waals surface area contributed by atoms with Crippen LogP contribution in [0.3, 0.4) is 0 Å². The highest BCUT2D eigenvalue weighted by Crippen LogP contribution is 2.34. The maximum absolute atomic E-state index is 14.0. The number of alkyl halides is 2. The number of nitrogens with zero attached hydrogens (tertiary/aromatic N) is 2. The number of ketones is 1. The molecule has 1 aliphatic rings. The van der Waals surface area contributed by atoms with Crippen LogP contribution in [0.5, 0.6) is 0 Å². The number of Topliss-reactive ketones (excluding diaryl/α,β-unsaturated/α-hetero) is 1. The number of halogens is 3. The Bertz CT molecular complexity index is 707. The highest BCUT2D eigenvalue weighted by Gasteiger charge is 2.44. The summed E-state index contributed by atoms with van der Waals surface area (Å²) in [5, 5.41) is 0.478. The highest BCUT2D eigenvalue weighted by molar-refractivity contribution is 5.97. The number of pyridine rings is 1. The van der Waals surface area contributed by atoms with Gasteiger partial charge in [0.15, 0.2) is 5.78 Å². The predicted octanol–water partition coefficient (Wildman–Crippen LogP) is 3.03. The first-order chi connectivity index (χ1) is 9.35. The van der Waals surface area contributed by atoms with E-state index in [0.29, 0.717) is 16.5 Å². The first kappa shape index (κ1) is 12.9. The number of aromatic nitrogens is 1. The van der Waals surface area contributed by atoms with E-state index in [1.165, 1.54) is 30.2 Å². The van der Waals surface area contributed by atoms with Crippen LogP contribution in [0.4, 0.5) is 18.9 Å². The van der Waals surface area contributed by atoms with E-state index >= 15 is 0 Å². The minimum atomic E-state index is -2.76. The lowest BCUT2D eigenvalue weighted by atomic mass is 10.1. The molecule has 0 spiro atoms. The van der Waals surface area contributed by atoms with Gasteiger partial charge in [-0.25, -0.2) is 13.2 Å². The van der Waals surface area contributed by atoms with Gasteiger partial charge in [-0.15, -0.1) is 0 Å². The van der Waals surface area contributed by atoms with Gasteiger partial charge in [0.1, 0.15) is 5.82 Å². The average Bonchev–Trinajstić information content (AvgIpc) is 2.34. The van der Waals surface area contributed by atoms with Crippen molar-refractivity contribution in [3.05, 3.63) is 35.8 Å². The standard InChI is InChI=1S/C14H11F3N2O/c1-8(20)10-2-9-3-11(15)13(4-12(9)18-5-10)19-6-14(16,17)7-19/h2-5H,6-7H2,1H3. The number of rotatable bonds is 2. The number of anilines is 1. The lowest BCUT2D eigenvalue weighted by molar-refractivity contribution is -0.0265. The summed E-state index contributed by atoms with van der Waals surface area (Å²) in [5.74, 6) is -3.50. The largest absolute Gasteiger partial charge is 0.357 e. The van der Waals surface area contributed by atoms with Gasteiger partial charge in [-0.05, 0) is 25.1 Å². The molecule has 0 N–H and O–H groups in total. The van der Waals surface area contributed by atoms with E-state index < -0.39 is 24.8 Å². The van der Waals surface area contributed by atoms with Gasteiger partial charge in [0.05, 0.1) is 24.3 Å². The third-order valence-electron chi connectivity index (χ3n) is 3.34. The molecule has 3 rings (SSSR count). The van der Waals surface area contributed by atoms with E-state index in [2.05, 4.69) is 4.98 Å². The van der Waals surface area contributed by atoms with Crippen LogP contribution in [0, 0.1) is 5.82 Å². The van der Waals surface area contributed by atoms with Crippen molar-refractivity contribution in [2.45, 2.75) is 12.8 Å². The van der Waals surface area contributed by atoms with Crippen LogP contribution < -0.4 is 4.90 Å². The first-order valence-corrected chi connectivity index (χ1v) is 6.09.